The number of nitrogens with zero attached hydrogens (tertiary/aromatic N) is 5. The minimum absolute atomic E-state index is 0.0235. The van der Waals surface area contributed by atoms with E-state index < -0.39 is 4.92 Å². The molecule has 0 bridgehead atoms. The molecule has 2 aromatic carbocycles. The molecule has 148 valence electrons. The van der Waals surface area contributed by atoms with Gasteiger partial charge in [0.15, 0.2) is 11.6 Å². The smallest absolute Gasteiger partial charge is 0.269 e. The largest absolute Gasteiger partial charge is 0.507 e. The van der Waals surface area contributed by atoms with E-state index in [-0.39, 0.29) is 11.4 Å². The Kier molecular flexibility index (Phi) is 4.32. The molecule has 0 spiro atoms. The minimum Gasteiger partial charge on any atom is -0.507 e. The summed E-state index contributed by atoms with van der Waals surface area (Å²) < 4.78 is 7.54. The molecule has 0 atom stereocenters. The third-order valence-corrected chi connectivity index (χ3v) is 5.50. The molecule has 5 rings (SSSR count). The van der Waals surface area contributed by atoms with Crippen molar-refractivity contribution in [2.45, 2.75) is 5.16 Å². The summed E-state index contributed by atoms with van der Waals surface area (Å²) in [6, 6.07) is 16.7. The number of hydrogen-bond donors (Lipinski definition) is 1. The average Bonchev–Trinajstić information content (AvgIpc) is 3.41. The molecule has 9 nitrogen and oxygen atoms in total. The van der Waals surface area contributed by atoms with Gasteiger partial charge in [0.25, 0.3) is 5.69 Å². The van der Waals surface area contributed by atoms with Gasteiger partial charge in [0.1, 0.15) is 17.2 Å². The van der Waals surface area contributed by atoms with E-state index in [1.807, 2.05) is 6.07 Å². The maximum Gasteiger partial charge on any atom is 0.269 e. The van der Waals surface area contributed by atoms with Gasteiger partial charge in [0.05, 0.1) is 10.5 Å². The van der Waals surface area contributed by atoms with Crippen LogP contribution in [0.25, 0.3) is 22.7 Å². The van der Waals surface area contributed by atoms with Crippen LogP contribution in [0.3, 0.4) is 0 Å². The Bertz CT molecular complexity index is 1290. The fraction of sp³-hybridized carbons (Fsp3) is 0.0500. The van der Waals surface area contributed by atoms with Crippen LogP contribution in [0.1, 0.15) is 5.76 Å². The molecule has 3 heterocycles. The Morgan fingerprint density at radius 3 is 2.57 bits per heavy atom. The lowest BCUT2D eigenvalue weighted by Gasteiger charge is -2.12. The van der Waals surface area contributed by atoms with E-state index in [9.17, 15) is 15.2 Å². The number of nitro benzene ring substituents is 1. The van der Waals surface area contributed by atoms with Crippen LogP contribution in [0.4, 0.5) is 5.69 Å². The fourth-order valence-corrected chi connectivity index (χ4v) is 3.89. The predicted octanol–water partition coefficient (Wildman–Crippen LogP) is 4.18. The second-order valence-corrected chi connectivity index (χ2v) is 7.38. The summed E-state index contributed by atoms with van der Waals surface area (Å²) in [5.41, 5.74) is 1.98. The Labute approximate surface area is 173 Å². The van der Waals surface area contributed by atoms with Crippen LogP contribution in [-0.4, -0.2) is 36.4 Å². The Balaban J connectivity index is 1.49. The van der Waals surface area contributed by atoms with E-state index in [0.29, 0.717) is 39.5 Å². The molecule has 1 aliphatic heterocycles. The van der Waals surface area contributed by atoms with Crippen molar-refractivity contribution in [3.8, 4) is 28.5 Å². The number of phenolic OH excluding ortho intramolecular Hbond substituents is 1. The minimum atomic E-state index is -0.440. The summed E-state index contributed by atoms with van der Waals surface area (Å²) in [6.07, 6.45) is 0. The standard InChI is InChI=1S/C20H13N5O4S/c26-16-4-2-1-3-14(16)19-21-22-20-24(19)23-15(11-30-20)18-10-9-17(29-18)12-5-7-13(8-6-12)25(27)28/h1-10,26H,11H2. The van der Waals surface area contributed by atoms with Crippen LogP contribution in [-0.2, 0) is 0 Å². The van der Waals surface area contributed by atoms with Gasteiger partial charge in [-0.3, -0.25) is 10.1 Å². The number of furan rings is 1. The second kappa shape index (κ2) is 7.16. The van der Waals surface area contributed by atoms with Crippen molar-refractivity contribution >= 4 is 23.2 Å². The summed E-state index contributed by atoms with van der Waals surface area (Å²) in [5, 5.41) is 34.6. The normalized spacial score (nSPS) is 13.0. The van der Waals surface area contributed by atoms with Gasteiger partial charge in [-0.2, -0.15) is 9.78 Å². The number of aromatic nitrogens is 3. The highest BCUT2D eigenvalue weighted by Gasteiger charge is 2.23. The van der Waals surface area contributed by atoms with Gasteiger partial charge >= 0.3 is 0 Å². The molecule has 0 aliphatic carbocycles. The number of benzene rings is 2. The van der Waals surface area contributed by atoms with Crippen molar-refractivity contribution in [2.24, 2.45) is 5.10 Å². The first kappa shape index (κ1) is 18.1. The number of non-ortho nitro benzene ring substituents is 1. The van der Waals surface area contributed by atoms with Crippen molar-refractivity contribution in [3.63, 3.8) is 0 Å². The Hall–Kier alpha value is -3.92. The number of phenols is 1. The zero-order valence-corrected chi connectivity index (χ0v) is 16.1. The van der Waals surface area contributed by atoms with Crippen molar-refractivity contribution in [3.05, 3.63) is 76.5 Å². The molecule has 30 heavy (non-hydrogen) atoms. The van der Waals surface area contributed by atoms with Gasteiger partial charge in [0, 0.05) is 23.4 Å². The first-order valence-electron chi connectivity index (χ1n) is 8.89. The number of nitro groups is 1. The van der Waals surface area contributed by atoms with E-state index in [2.05, 4.69) is 15.3 Å². The van der Waals surface area contributed by atoms with Crippen molar-refractivity contribution < 1.29 is 14.4 Å². The highest BCUT2D eigenvalue weighted by molar-refractivity contribution is 7.99. The van der Waals surface area contributed by atoms with Gasteiger partial charge in [0.2, 0.25) is 5.16 Å². The average molecular weight is 419 g/mol. The molecule has 0 fully saturated rings. The quantitative estimate of drug-likeness (QED) is 0.389. The van der Waals surface area contributed by atoms with E-state index >= 15 is 0 Å². The van der Waals surface area contributed by atoms with E-state index in [1.165, 1.54) is 23.9 Å². The van der Waals surface area contributed by atoms with E-state index in [0.717, 1.165) is 5.56 Å². The molecule has 1 N–H and O–H groups in total. The monoisotopic (exact) mass is 419 g/mol. The molecular weight excluding hydrogens is 406 g/mol. The molecule has 0 saturated heterocycles. The third kappa shape index (κ3) is 3.12. The summed E-state index contributed by atoms with van der Waals surface area (Å²) in [4.78, 5) is 10.4. The highest BCUT2D eigenvalue weighted by atomic mass is 32.2. The third-order valence-electron chi connectivity index (χ3n) is 4.57. The van der Waals surface area contributed by atoms with Crippen LogP contribution < -0.4 is 0 Å². The van der Waals surface area contributed by atoms with Crippen LogP contribution >= 0.6 is 11.8 Å². The number of para-hydroxylation sites is 1. The highest BCUT2D eigenvalue weighted by Crippen LogP contribution is 2.33. The zero-order valence-electron chi connectivity index (χ0n) is 15.3. The van der Waals surface area contributed by atoms with Crippen molar-refractivity contribution in [2.75, 3.05) is 5.75 Å². The Morgan fingerprint density at radius 1 is 1.03 bits per heavy atom. The van der Waals surface area contributed by atoms with Crippen LogP contribution in [0.5, 0.6) is 5.75 Å². The van der Waals surface area contributed by atoms with Gasteiger partial charge in [-0.15, -0.1) is 10.2 Å². The zero-order chi connectivity index (χ0) is 20.7. The fourth-order valence-electron chi connectivity index (χ4n) is 3.07. The molecule has 1 aliphatic rings. The number of aromatic hydroxyl groups is 1. The van der Waals surface area contributed by atoms with Gasteiger partial charge in [-0.25, -0.2) is 0 Å². The first-order valence-corrected chi connectivity index (χ1v) is 9.88. The van der Waals surface area contributed by atoms with Crippen molar-refractivity contribution in [1.82, 2.24) is 14.9 Å². The first-order chi connectivity index (χ1) is 14.6. The molecule has 2 aromatic heterocycles. The summed E-state index contributed by atoms with van der Waals surface area (Å²) >= 11 is 1.47. The molecule has 0 saturated carbocycles. The number of thioether (sulfide) groups is 1. The van der Waals surface area contributed by atoms with Gasteiger partial charge in [-0.1, -0.05) is 23.9 Å². The predicted molar refractivity (Wildman–Crippen MR) is 111 cm³/mol. The molecule has 0 radical (unpaired) electrons. The van der Waals surface area contributed by atoms with E-state index in [4.69, 9.17) is 4.42 Å². The van der Waals surface area contributed by atoms with Gasteiger partial charge < -0.3 is 9.52 Å². The lowest BCUT2D eigenvalue weighted by molar-refractivity contribution is -0.384. The van der Waals surface area contributed by atoms with Crippen molar-refractivity contribution in [1.29, 1.82) is 0 Å². The number of hydrogen-bond acceptors (Lipinski definition) is 8. The second-order valence-electron chi connectivity index (χ2n) is 6.44. The lowest BCUT2D eigenvalue weighted by Crippen LogP contribution is -2.13. The lowest BCUT2D eigenvalue weighted by atomic mass is 10.1. The topological polar surface area (TPSA) is 120 Å². The SMILES string of the molecule is O=[N+]([O-])c1ccc(-c2ccc(C3=Nn4c(nnc4-c4ccccc4O)SC3)o2)cc1. The van der Waals surface area contributed by atoms with Crippen LogP contribution in [0.2, 0.25) is 0 Å². The maximum atomic E-state index is 10.8. The van der Waals surface area contributed by atoms with Crippen LogP contribution in [0.15, 0.2) is 75.3 Å². The summed E-state index contributed by atoms with van der Waals surface area (Å²) in [6.45, 7) is 0. The molecular formula is C20H13N5O4S. The maximum absolute atomic E-state index is 10.8. The molecule has 0 unspecified atom stereocenters. The van der Waals surface area contributed by atoms with Crippen LogP contribution in [0, 0.1) is 10.1 Å². The molecule has 0 amide bonds. The Morgan fingerprint density at radius 2 is 1.80 bits per heavy atom. The number of fused-ring (bicyclic) bond motifs is 1. The van der Waals surface area contributed by atoms with Gasteiger partial charge in [-0.05, 0) is 36.4 Å². The summed E-state index contributed by atoms with van der Waals surface area (Å²) in [7, 11) is 0. The van der Waals surface area contributed by atoms with E-state index in [1.54, 1.807) is 47.1 Å². The summed E-state index contributed by atoms with van der Waals surface area (Å²) in [5.74, 6) is 2.25. The molecule has 4 aromatic rings. The molecule has 10 heteroatoms. The number of rotatable bonds is 4.